The van der Waals surface area contributed by atoms with Gasteiger partial charge in [0.05, 0.1) is 0 Å². The molecule has 0 saturated carbocycles. The van der Waals surface area contributed by atoms with Crippen LogP contribution in [0, 0.1) is 5.92 Å². The Bertz CT molecular complexity index is 185. The highest BCUT2D eigenvalue weighted by atomic mass is 16.1. The van der Waals surface area contributed by atoms with Crippen LogP contribution in [0.5, 0.6) is 0 Å². The van der Waals surface area contributed by atoms with Crippen LogP contribution in [0.1, 0.15) is 27.7 Å². The molecule has 1 heteroatoms. The number of carbonyl (C=O) groups excluding carboxylic acids is 1. The lowest BCUT2D eigenvalue weighted by molar-refractivity contribution is -0.112. The van der Waals surface area contributed by atoms with E-state index in [9.17, 15) is 4.79 Å². The zero-order chi connectivity index (χ0) is 8.85. The van der Waals surface area contributed by atoms with E-state index in [0.717, 1.165) is 0 Å². The number of carbonyl (C=O) groups is 1. The van der Waals surface area contributed by atoms with Crippen LogP contribution in [0.2, 0.25) is 0 Å². The molecule has 0 rings (SSSR count). The van der Waals surface area contributed by atoms with E-state index in [4.69, 9.17) is 0 Å². The third kappa shape index (κ3) is 5.59. The van der Waals surface area contributed by atoms with Crippen LogP contribution < -0.4 is 0 Å². The van der Waals surface area contributed by atoms with E-state index < -0.39 is 0 Å². The SMILES string of the molecule is CC(=O)/C=C\C=C(/C)C(C)C. The van der Waals surface area contributed by atoms with Gasteiger partial charge in [-0.1, -0.05) is 31.6 Å². The van der Waals surface area contributed by atoms with Crippen LogP contribution in [0.3, 0.4) is 0 Å². The van der Waals surface area contributed by atoms with E-state index in [-0.39, 0.29) is 5.78 Å². The zero-order valence-electron chi connectivity index (χ0n) is 7.72. The van der Waals surface area contributed by atoms with Gasteiger partial charge in [0.1, 0.15) is 0 Å². The summed E-state index contributed by atoms with van der Waals surface area (Å²) in [6.07, 6.45) is 5.36. The number of rotatable bonds is 3. The van der Waals surface area contributed by atoms with Crippen LogP contribution in [0.25, 0.3) is 0 Å². The minimum atomic E-state index is 0.0952. The summed E-state index contributed by atoms with van der Waals surface area (Å²) >= 11 is 0. The highest BCUT2D eigenvalue weighted by Gasteiger charge is 1.92. The number of hydrogen-bond acceptors (Lipinski definition) is 1. The Kier molecular flexibility index (Phi) is 4.51. The lowest BCUT2D eigenvalue weighted by atomic mass is 10.1. The van der Waals surface area contributed by atoms with Crippen molar-refractivity contribution >= 4 is 5.78 Å². The first-order chi connectivity index (χ1) is 5.04. The minimum Gasteiger partial charge on any atom is -0.295 e. The molecule has 0 unspecified atom stereocenters. The van der Waals surface area contributed by atoms with E-state index in [1.54, 1.807) is 19.1 Å². The van der Waals surface area contributed by atoms with Crippen molar-refractivity contribution in [3.05, 3.63) is 23.8 Å². The molecule has 11 heavy (non-hydrogen) atoms. The van der Waals surface area contributed by atoms with Crippen molar-refractivity contribution in [2.45, 2.75) is 27.7 Å². The fourth-order valence-corrected chi connectivity index (χ4v) is 0.528. The lowest BCUT2D eigenvalue weighted by Crippen LogP contribution is -1.87. The standard InChI is InChI=1S/C10H16O/c1-8(2)9(3)6-5-7-10(4)11/h5-8H,1-4H3/b7-5-,9-6+. The van der Waals surface area contributed by atoms with Crippen molar-refractivity contribution in [2.24, 2.45) is 5.92 Å². The van der Waals surface area contributed by atoms with Crippen LogP contribution in [0.4, 0.5) is 0 Å². The quantitative estimate of drug-likeness (QED) is 0.449. The van der Waals surface area contributed by atoms with Gasteiger partial charge in [0.25, 0.3) is 0 Å². The Hall–Kier alpha value is -0.850. The van der Waals surface area contributed by atoms with Gasteiger partial charge in [0, 0.05) is 0 Å². The molecular weight excluding hydrogens is 136 g/mol. The van der Waals surface area contributed by atoms with Gasteiger partial charge in [0.15, 0.2) is 5.78 Å². The van der Waals surface area contributed by atoms with Gasteiger partial charge in [-0.3, -0.25) is 4.79 Å². The molecule has 0 saturated heterocycles. The molecule has 0 fully saturated rings. The topological polar surface area (TPSA) is 17.1 Å². The molecule has 0 aliphatic rings. The largest absolute Gasteiger partial charge is 0.295 e. The molecule has 0 bridgehead atoms. The summed E-state index contributed by atoms with van der Waals surface area (Å²) in [6, 6.07) is 0. The second kappa shape index (κ2) is 4.89. The van der Waals surface area contributed by atoms with Crippen molar-refractivity contribution in [1.29, 1.82) is 0 Å². The molecular formula is C10H16O. The number of ketones is 1. The van der Waals surface area contributed by atoms with Gasteiger partial charge in [-0.15, -0.1) is 0 Å². The molecule has 0 aromatic carbocycles. The molecule has 0 atom stereocenters. The summed E-state index contributed by atoms with van der Waals surface area (Å²) in [5.74, 6) is 0.657. The molecule has 0 aromatic heterocycles. The highest BCUT2D eigenvalue weighted by Crippen LogP contribution is 2.07. The summed E-state index contributed by atoms with van der Waals surface area (Å²) in [4.78, 5) is 10.5. The first kappa shape index (κ1) is 10.2. The van der Waals surface area contributed by atoms with Crippen molar-refractivity contribution in [1.82, 2.24) is 0 Å². The van der Waals surface area contributed by atoms with Gasteiger partial charge in [-0.05, 0) is 25.8 Å². The maximum Gasteiger partial charge on any atom is 0.152 e. The van der Waals surface area contributed by atoms with Crippen molar-refractivity contribution in [3.63, 3.8) is 0 Å². The third-order valence-electron chi connectivity index (χ3n) is 1.60. The second-order valence-electron chi connectivity index (χ2n) is 3.04. The second-order valence-corrected chi connectivity index (χ2v) is 3.04. The van der Waals surface area contributed by atoms with Gasteiger partial charge < -0.3 is 0 Å². The molecule has 0 heterocycles. The fourth-order valence-electron chi connectivity index (χ4n) is 0.528. The molecule has 0 spiro atoms. The molecule has 0 N–H and O–H groups in total. The Morgan fingerprint density at radius 3 is 2.18 bits per heavy atom. The molecule has 0 aliphatic carbocycles. The summed E-state index contributed by atoms with van der Waals surface area (Å²) in [5, 5.41) is 0. The average Bonchev–Trinajstić information content (AvgIpc) is 1.86. The molecule has 0 amide bonds. The number of allylic oxidation sites excluding steroid dienone is 4. The first-order valence-electron chi connectivity index (χ1n) is 3.89. The Labute approximate surface area is 68.8 Å². The molecule has 0 radical (unpaired) electrons. The Morgan fingerprint density at radius 1 is 1.27 bits per heavy atom. The van der Waals surface area contributed by atoms with E-state index in [0.29, 0.717) is 5.92 Å². The maximum absolute atomic E-state index is 10.5. The van der Waals surface area contributed by atoms with E-state index >= 15 is 0 Å². The Balaban J connectivity index is 4.01. The minimum absolute atomic E-state index is 0.0952. The van der Waals surface area contributed by atoms with E-state index in [2.05, 4.69) is 20.8 Å². The van der Waals surface area contributed by atoms with Gasteiger partial charge in [-0.2, -0.15) is 0 Å². The van der Waals surface area contributed by atoms with Crippen molar-refractivity contribution in [3.8, 4) is 0 Å². The maximum atomic E-state index is 10.5. The molecule has 62 valence electrons. The lowest BCUT2D eigenvalue weighted by Gasteiger charge is -2.01. The van der Waals surface area contributed by atoms with Crippen molar-refractivity contribution in [2.75, 3.05) is 0 Å². The van der Waals surface area contributed by atoms with Crippen molar-refractivity contribution < 1.29 is 4.79 Å². The fraction of sp³-hybridized carbons (Fsp3) is 0.500. The average molecular weight is 152 g/mol. The third-order valence-corrected chi connectivity index (χ3v) is 1.60. The highest BCUT2D eigenvalue weighted by molar-refractivity contribution is 5.87. The normalized spacial score (nSPS) is 13.0. The monoisotopic (exact) mass is 152 g/mol. The first-order valence-corrected chi connectivity index (χ1v) is 3.89. The summed E-state index contributed by atoms with van der Waals surface area (Å²) in [6.45, 7) is 7.88. The molecule has 0 aliphatic heterocycles. The van der Waals surface area contributed by atoms with Crippen LogP contribution in [0.15, 0.2) is 23.8 Å². The zero-order valence-corrected chi connectivity index (χ0v) is 7.72. The summed E-state index contributed by atoms with van der Waals surface area (Å²) in [5.41, 5.74) is 1.29. The predicted octanol–water partition coefficient (Wildman–Crippen LogP) is 2.73. The molecule has 1 nitrogen and oxygen atoms in total. The van der Waals surface area contributed by atoms with E-state index in [1.165, 1.54) is 5.57 Å². The Morgan fingerprint density at radius 2 is 1.82 bits per heavy atom. The van der Waals surface area contributed by atoms with Gasteiger partial charge in [-0.25, -0.2) is 0 Å². The summed E-state index contributed by atoms with van der Waals surface area (Å²) in [7, 11) is 0. The smallest absolute Gasteiger partial charge is 0.152 e. The molecule has 0 aromatic rings. The van der Waals surface area contributed by atoms with Crippen LogP contribution in [-0.2, 0) is 4.79 Å². The van der Waals surface area contributed by atoms with Crippen LogP contribution in [-0.4, -0.2) is 5.78 Å². The summed E-state index contributed by atoms with van der Waals surface area (Å²) < 4.78 is 0. The van der Waals surface area contributed by atoms with Gasteiger partial charge >= 0.3 is 0 Å². The predicted molar refractivity (Wildman–Crippen MR) is 48.4 cm³/mol. The van der Waals surface area contributed by atoms with E-state index in [1.807, 2.05) is 6.08 Å². The van der Waals surface area contributed by atoms with Crippen LogP contribution >= 0.6 is 0 Å². The number of hydrogen-bond donors (Lipinski definition) is 0. The van der Waals surface area contributed by atoms with Gasteiger partial charge in [0.2, 0.25) is 0 Å².